The molecule has 5 nitrogen and oxygen atoms in total. The zero-order valence-corrected chi connectivity index (χ0v) is 15.3. The monoisotopic (exact) mass is 395 g/mol. The standard InChI is InChI=1S/C17H15Cl2N3O2S/c18-12-7-8-13(14(19)10-12)16(24)20-17(25)22-21-15(23)9-6-11-4-2-1-3-5-11/h1-5,7-8,10H,6,9H2,(H,21,23)(H2,20,22,24,25). The smallest absolute Gasteiger partial charge is 0.258 e. The maximum Gasteiger partial charge on any atom is 0.258 e. The van der Waals surface area contributed by atoms with E-state index in [1.165, 1.54) is 12.1 Å². The number of hydrogen-bond acceptors (Lipinski definition) is 3. The highest BCUT2D eigenvalue weighted by atomic mass is 35.5. The molecule has 0 bridgehead atoms. The Balaban J connectivity index is 1.76. The van der Waals surface area contributed by atoms with E-state index in [0.29, 0.717) is 11.4 Å². The first-order chi connectivity index (χ1) is 12.0. The Labute approximate surface area is 160 Å². The van der Waals surface area contributed by atoms with E-state index in [0.717, 1.165) is 5.56 Å². The lowest BCUT2D eigenvalue weighted by molar-refractivity contribution is -0.121. The highest BCUT2D eigenvalue weighted by Gasteiger charge is 2.12. The van der Waals surface area contributed by atoms with Crippen LogP contribution in [0.4, 0.5) is 0 Å². The molecule has 25 heavy (non-hydrogen) atoms. The third-order valence-corrected chi connectivity index (χ3v) is 3.95. The van der Waals surface area contributed by atoms with Crippen LogP contribution in [0.5, 0.6) is 0 Å². The molecule has 0 saturated heterocycles. The van der Waals surface area contributed by atoms with Gasteiger partial charge in [0.15, 0.2) is 5.11 Å². The minimum Gasteiger partial charge on any atom is -0.298 e. The van der Waals surface area contributed by atoms with Gasteiger partial charge in [-0.1, -0.05) is 53.5 Å². The molecule has 2 aromatic rings. The average molecular weight is 396 g/mol. The van der Waals surface area contributed by atoms with Crippen molar-refractivity contribution in [2.75, 3.05) is 0 Å². The Kier molecular flexibility index (Phi) is 7.18. The van der Waals surface area contributed by atoms with Crippen LogP contribution in [0.1, 0.15) is 22.3 Å². The van der Waals surface area contributed by atoms with Gasteiger partial charge in [-0.05, 0) is 42.4 Å². The first-order valence-corrected chi connectivity index (χ1v) is 8.51. The summed E-state index contributed by atoms with van der Waals surface area (Å²) in [5.74, 6) is -0.748. The lowest BCUT2D eigenvalue weighted by atomic mass is 10.1. The van der Waals surface area contributed by atoms with Crippen molar-refractivity contribution in [3.8, 4) is 0 Å². The lowest BCUT2D eigenvalue weighted by Gasteiger charge is -2.11. The van der Waals surface area contributed by atoms with Gasteiger partial charge in [-0.2, -0.15) is 0 Å². The zero-order valence-electron chi connectivity index (χ0n) is 13.0. The van der Waals surface area contributed by atoms with Gasteiger partial charge in [0, 0.05) is 11.4 Å². The maximum absolute atomic E-state index is 12.1. The van der Waals surface area contributed by atoms with E-state index in [2.05, 4.69) is 16.2 Å². The number of aryl methyl sites for hydroxylation is 1. The molecular formula is C17H15Cl2N3O2S. The maximum atomic E-state index is 12.1. The van der Waals surface area contributed by atoms with Crippen LogP contribution in [0.2, 0.25) is 10.0 Å². The number of nitrogens with one attached hydrogen (secondary N) is 3. The van der Waals surface area contributed by atoms with E-state index < -0.39 is 5.91 Å². The summed E-state index contributed by atoms with van der Waals surface area (Å²) < 4.78 is 0. The van der Waals surface area contributed by atoms with Crippen molar-refractivity contribution in [2.24, 2.45) is 0 Å². The molecule has 0 saturated carbocycles. The van der Waals surface area contributed by atoms with E-state index >= 15 is 0 Å². The molecule has 2 rings (SSSR count). The number of hydrogen-bond donors (Lipinski definition) is 3. The summed E-state index contributed by atoms with van der Waals surface area (Å²) in [6.45, 7) is 0. The lowest BCUT2D eigenvalue weighted by Crippen LogP contribution is -2.48. The molecule has 2 aromatic carbocycles. The largest absolute Gasteiger partial charge is 0.298 e. The summed E-state index contributed by atoms with van der Waals surface area (Å²) in [5.41, 5.74) is 6.20. The van der Waals surface area contributed by atoms with Crippen LogP contribution in [0.25, 0.3) is 0 Å². The summed E-state index contributed by atoms with van der Waals surface area (Å²) in [5, 5.41) is 3.02. The van der Waals surface area contributed by atoms with E-state index in [1.807, 2.05) is 30.3 Å². The van der Waals surface area contributed by atoms with Crippen LogP contribution in [0.3, 0.4) is 0 Å². The van der Waals surface area contributed by atoms with Crippen LogP contribution in [-0.2, 0) is 11.2 Å². The van der Waals surface area contributed by atoms with Crippen LogP contribution < -0.4 is 16.2 Å². The van der Waals surface area contributed by atoms with Crippen molar-refractivity contribution in [3.05, 3.63) is 69.7 Å². The molecule has 0 aliphatic carbocycles. The molecule has 0 heterocycles. The molecule has 0 aliphatic rings. The van der Waals surface area contributed by atoms with Crippen molar-refractivity contribution < 1.29 is 9.59 Å². The molecule has 0 aliphatic heterocycles. The van der Waals surface area contributed by atoms with Gasteiger partial charge in [0.1, 0.15) is 0 Å². The first-order valence-electron chi connectivity index (χ1n) is 7.35. The van der Waals surface area contributed by atoms with Crippen molar-refractivity contribution >= 4 is 52.3 Å². The number of carbonyl (C=O) groups excluding carboxylic acids is 2. The van der Waals surface area contributed by atoms with Crippen molar-refractivity contribution in [1.29, 1.82) is 0 Å². The Bertz CT molecular complexity index is 785. The third kappa shape index (κ3) is 6.34. The van der Waals surface area contributed by atoms with E-state index in [1.54, 1.807) is 6.07 Å². The fraction of sp³-hybridized carbons (Fsp3) is 0.118. The molecule has 0 atom stereocenters. The quantitative estimate of drug-likeness (QED) is 0.548. The second kappa shape index (κ2) is 9.36. The Hall–Kier alpha value is -2.15. The van der Waals surface area contributed by atoms with E-state index in [9.17, 15) is 9.59 Å². The molecule has 0 unspecified atom stereocenters. The summed E-state index contributed by atoms with van der Waals surface area (Å²) in [6.07, 6.45) is 0.893. The van der Waals surface area contributed by atoms with Gasteiger partial charge >= 0.3 is 0 Å². The molecule has 130 valence electrons. The molecular weight excluding hydrogens is 381 g/mol. The number of rotatable bonds is 4. The van der Waals surface area contributed by atoms with Crippen LogP contribution in [0, 0.1) is 0 Å². The van der Waals surface area contributed by atoms with Gasteiger partial charge < -0.3 is 0 Å². The fourth-order valence-electron chi connectivity index (χ4n) is 1.97. The molecule has 2 amide bonds. The summed E-state index contributed by atoms with van der Waals surface area (Å²) in [7, 11) is 0. The van der Waals surface area contributed by atoms with Crippen LogP contribution in [0.15, 0.2) is 48.5 Å². The van der Waals surface area contributed by atoms with Gasteiger partial charge in [-0.3, -0.25) is 25.8 Å². The topological polar surface area (TPSA) is 70.2 Å². The molecule has 0 fully saturated rings. The van der Waals surface area contributed by atoms with Gasteiger partial charge in [-0.25, -0.2) is 0 Å². The zero-order chi connectivity index (χ0) is 18.2. The second-order valence-electron chi connectivity index (χ2n) is 5.07. The Morgan fingerprint density at radius 2 is 1.72 bits per heavy atom. The Morgan fingerprint density at radius 1 is 1.00 bits per heavy atom. The van der Waals surface area contributed by atoms with Crippen molar-refractivity contribution in [1.82, 2.24) is 16.2 Å². The number of benzene rings is 2. The fourth-order valence-corrected chi connectivity index (χ4v) is 2.60. The van der Waals surface area contributed by atoms with Crippen molar-refractivity contribution in [3.63, 3.8) is 0 Å². The van der Waals surface area contributed by atoms with E-state index in [4.69, 9.17) is 35.4 Å². The first kappa shape index (κ1) is 19.2. The van der Waals surface area contributed by atoms with Crippen molar-refractivity contribution in [2.45, 2.75) is 12.8 Å². The van der Waals surface area contributed by atoms with Gasteiger partial charge in [-0.15, -0.1) is 0 Å². The SMILES string of the molecule is O=C(CCc1ccccc1)NNC(=S)NC(=O)c1ccc(Cl)cc1Cl. The van der Waals surface area contributed by atoms with Gasteiger partial charge in [0.05, 0.1) is 10.6 Å². The van der Waals surface area contributed by atoms with Gasteiger partial charge in [0.2, 0.25) is 5.91 Å². The number of hydrazine groups is 1. The highest BCUT2D eigenvalue weighted by Crippen LogP contribution is 2.20. The predicted octanol–water partition coefficient (Wildman–Crippen LogP) is 3.26. The third-order valence-electron chi connectivity index (χ3n) is 3.20. The summed E-state index contributed by atoms with van der Waals surface area (Å²) in [4.78, 5) is 23.9. The number of thiocarbonyl (C=S) groups is 1. The van der Waals surface area contributed by atoms with Gasteiger partial charge in [0.25, 0.3) is 5.91 Å². The highest BCUT2D eigenvalue weighted by molar-refractivity contribution is 7.80. The summed E-state index contributed by atoms with van der Waals surface area (Å²) >= 11 is 16.7. The number of amides is 2. The number of halogens is 2. The second-order valence-corrected chi connectivity index (χ2v) is 6.32. The molecule has 8 heteroatoms. The minimum absolute atomic E-state index is 0.0379. The van der Waals surface area contributed by atoms with E-state index in [-0.39, 0.29) is 28.0 Å². The minimum atomic E-state index is -0.502. The number of carbonyl (C=O) groups is 2. The molecule has 0 aromatic heterocycles. The predicted molar refractivity (Wildman–Crippen MR) is 103 cm³/mol. The summed E-state index contributed by atoms with van der Waals surface area (Å²) in [6, 6.07) is 14.1. The Morgan fingerprint density at radius 3 is 2.40 bits per heavy atom. The van der Waals surface area contributed by atoms with Crippen LogP contribution in [-0.4, -0.2) is 16.9 Å². The molecule has 3 N–H and O–H groups in total. The molecule has 0 radical (unpaired) electrons. The molecule has 0 spiro atoms. The average Bonchev–Trinajstić information content (AvgIpc) is 2.59. The van der Waals surface area contributed by atoms with Crippen LogP contribution >= 0.6 is 35.4 Å². The normalized spacial score (nSPS) is 10.0.